The molecule has 6 heteroatoms. The molecule has 3 fully saturated rings. The first-order chi connectivity index (χ1) is 11.0. The van der Waals surface area contributed by atoms with Crippen LogP contribution in [-0.4, -0.2) is 34.5 Å². The number of carbonyl (C=O) groups is 3. The molecule has 0 heterocycles. The summed E-state index contributed by atoms with van der Waals surface area (Å²) in [4.78, 5) is 35.5. The molecule has 3 rings (SSSR count). The molecule has 6 nitrogen and oxygen atoms in total. The van der Waals surface area contributed by atoms with Gasteiger partial charge in [-0.1, -0.05) is 12.8 Å². The number of hydrogen-bond acceptors (Lipinski definition) is 3. The highest BCUT2D eigenvalue weighted by Crippen LogP contribution is 2.36. The van der Waals surface area contributed by atoms with Crippen molar-refractivity contribution in [3.05, 3.63) is 0 Å². The van der Waals surface area contributed by atoms with Crippen molar-refractivity contribution < 1.29 is 19.5 Å². The quantitative estimate of drug-likeness (QED) is 0.716. The van der Waals surface area contributed by atoms with Gasteiger partial charge in [-0.25, -0.2) is 4.79 Å². The molecule has 3 aliphatic carbocycles. The van der Waals surface area contributed by atoms with Crippen LogP contribution < -0.4 is 10.6 Å². The third-order valence-corrected chi connectivity index (χ3v) is 5.69. The highest BCUT2D eigenvalue weighted by Gasteiger charge is 2.52. The number of amides is 2. The van der Waals surface area contributed by atoms with E-state index in [1.54, 1.807) is 0 Å². The average Bonchev–Trinajstić information content (AvgIpc) is 3.11. The maximum Gasteiger partial charge on any atom is 0.329 e. The number of nitrogens with one attached hydrogen (secondary N) is 2. The smallest absolute Gasteiger partial charge is 0.329 e. The van der Waals surface area contributed by atoms with E-state index in [1.165, 1.54) is 0 Å². The molecule has 0 radical (unpaired) electrons. The van der Waals surface area contributed by atoms with Crippen LogP contribution in [0, 0.1) is 11.8 Å². The van der Waals surface area contributed by atoms with E-state index in [2.05, 4.69) is 10.6 Å². The van der Waals surface area contributed by atoms with Crippen molar-refractivity contribution in [2.75, 3.05) is 0 Å². The predicted octanol–water partition coefficient (Wildman–Crippen LogP) is 1.58. The van der Waals surface area contributed by atoms with Crippen LogP contribution in [0.1, 0.15) is 64.2 Å². The van der Waals surface area contributed by atoms with Gasteiger partial charge < -0.3 is 15.7 Å². The van der Waals surface area contributed by atoms with Crippen LogP contribution in [0.3, 0.4) is 0 Å². The molecule has 0 atom stereocenters. The SMILES string of the molecule is O=C(NC1CCC(C(=O)NC2(C(=O)O)CC2)CC1)C1CCCC1. The number of aliphatic carboxylic acids is 1. The van der Waals surface area contributed by atoms with Gasteiger partial charge in [-0.3, -0.25) is 9.59 Å². The minimum absolute atomic E-state index is 0.119. The van der Waals surface area contributed by atoms with E-state index in [1.807, 2.05) is 0 Å². The molecule has 0 spiro atoms. The molecule has 0 aromatic rings. The Morgan fingerprint density at radius 1 is 0.826 bits per heavy atom. The van der Waals surface area contributed by atoms with Gasteiger partial charge in [0.15, 0.2) is 0 Å². The van der Waals surface area contributed by atoms with Crippen LogP contribution in [0.2, 0.25) is 0 Å². The molecular weight excluding hydrogens is 296 g/mol. The summed E-state index contributed by atoms with van der Waals surface area (Å²) in [5.41, 5.74) is -0.995. The molecule has 0 bridgehead atoms. The van der Waals surface area contributed by atoms with Gasteiger partial charge in [0.2, 0.25) is 11.8 Å². The summed E-state index contributed by atoms with van der Waals surface area (Å²) in [5, 5.41) is 15.0. The Morgan fingerprint density at radius 2 is 1.39 bits per heavy atom. The van der Waals surface area contributed by atoms with Crippen LogP contribution >= 0.6 is 0 Å². The Hall–Kier alpha value is -1.59. The topological polar surface area (TPSA) is 95.5 Å². The zero-order valence-corrected chi connectivity index (χ0v) is 13.5. The lowest BCUT2D eigenvalue weighted by molar-refractivity contribution is -0.144. The summed E-state index contributed by atoms with van der Waals surface area (Å²) >= 11 is 0. The molecule has 2 amide bonds. The summed E-state index contributed by atoms with van der Waals surface area (Å²) in [6.07, 6.45) is 8.40. The molecule has 3 aliphatic rings. The summed E-state index contributed by atoms with van der Waals surface area (Å²) in [7, 11) is 0. The maximum absolute atomic E-state index is 12.2. The van der Waals surface area contributed by atoms with Crippen LogP contribution in [0.15, 0.2) is 0 Å². The van der Waals surface area contributed by atoms with Crippen LogP contribution in [0.5, 0.6) is 0 Å². The molecule has 23 heavy (non-hydrogen) atoms. The maximum atomic E-state index is 12.2. The second-order valence-corrected chi connectivity index (χ2v) is 7.42. The third-order valence-electron chi connectivity index (χ3n) is 5.69. The van der Waals surface area contributed by atoms with E-state index in [0.29, 0.717) is 12.8 Å². The lowest BCUT2D eigenvalue weighted by Crippen LogP contribution is -2.47. The highest BCUT2D eigenvalue weighted by atomic mass is 16.4. The molecular formula is C17H26N2O4. The standard InChI is InChI=1S/C17H26N2O4/c20-14(11-3-1-2-4-11)18-13-7-5-12(6-8-13)15(21)19-17(9-10-17)16(22)23/h11-13H,1-10H2,(H,18,20)(H,19,21)(H,22,23). The van der Waals surface area contributed by atoms with Gasteiger partial charge in [-0.05, 0) is 51.4 Å². The molecule has 0 aliphatic heterocycles. The van der Waals surface area contributed by atoms with E-state index in [0.717, 1.165) is 51.4 Å². The molecule has 0 aromatic carbocycles. The minimum Gasteiger partial charge on any atom is -0.480 e. The molecule has 3 N–H and O–H groups in total. The highest BCUT2D eigenvalue weighted by molar-refractivity contribution is 5.90. The van der Waals surface area contributed by atoms with E-state index in [4.69, 9.17) is 5.11 Å². The first-order valence-electron chi connectivity index (χ1n) is 8.86. The molecule has 0 saturated heterocycles. The fourth-order valence-corrected chi connectivity index (χ4v) is 3.86. The Labute approximate surface area is 136 Å². The minimum atomic E-state index is -0.995. The Kier molecular flexibility index (Phi) is 4.60. The normalized spacial score (nSPS) is 29.7. The number of carboxylic acid groups (broad SMARTS) is 1. The number of hydrogen-bond donors (Lipinski definition) is 3. The molecule has 3 saturated carbocycles. The monoisotopic (exact) mass is 322 g/mol. The van der Waals surface area contributed by atoms with E-state index in [9.17, 15) is 14.4 Å². The van der Waals surface area contributed by atoms with Gasteiger partial charge >= 0.3 is 5.97 Å². The van der Waals surface area contributed by atoms with Crippen molar-refractivity contribution in [1.82, 2.24) is 10.6 Å². The van der Waals surface area contributed by atoms with Gasteiger partial charge in [0.1, 0.15) is 5.54 Å². The lowest BCUT2D eigenvalue weighted by atomic mass is 9.85. The Balaban J connectivity index is 1.42. The summed E-state index contributed by atoms with van der Waals surface area (Å²) in [6, 6.07) is 0.168. The average molecular weight is 322 g/mol. The molecule has 128 valence electrons. The Bertz CT molecular complexity index is 487. The lowest BCUT2D eigenvalue weighted by Gasteiger charge is -2.30. The van der Waals surface area contributed by atoms with Crippen LogP contribution in [0.25, 0.3) is 0 Å². The molecule has 0 aromatic heterocycles. The van der Waals surface area contributed by atoms with Crippen molar-refractivity contribution in [3.63, 3.8) is 0 Å². The first-order valence-corrected chi connectivity index (χ1v) is 8.86. The third kappa shape index (κ3) is 3.67. The number of carboxylic acids is 1. The largest absolute Gasteiger partial charge is 0.480 e. The van der Waals surface area contributed by atoms with Gasteiger partial charge in [-0.2, -0.15) is 0 Å². The zero-order valence-electron chi connectivity index (χ0n) is 13.5. The first kappa shape index (κ1) is 16.3. The van der Waals surface area contributed by atoms with Crippen molar-refractivity contribution in [2.45, 2.75) is 75.8 Å². The predicted molar refractivity (Wildman–Crippen MR) is 83.6 cm³/mol. The fourth-order valence-electron chi connectivity index (χ4n) is 3.86. The zero-order chi connectivity index (χ0) is 16.4. The van der Waals surface area contributed by atoms with Gasteiger partial charge in [0, 0.05) is 17.9 Å². The van der Waals surface area contributed by atoms with Gasteiger partial charge in [0.25, 0.3) is 0 Å². The van der Waals surface area contributed by atoms with Crippen molar-refractivity contribution in [1.29, 1.82) is 0 Å². The van der Waals surface area contributed by atoms with E-state index >= 15 is 0 Å². The summed E-state index contributed by atoms with van der Waals surface area (Å²) < 4.78 is 0. The summed E-state index contributed by atoms with van der Waals surface area (Å²) in [5.74, 6) is -0.820. The van der Waals surface area contributed by atoms with Crippen molar-refractivity contribution in [3.8, 4) is 0 Å². The second-order valence-electron chi connectivity index (χ2n) is 7.42. The Morgan fingerprint density at radius 3 is 1.91 bits per heavy atom. The van der Waals surface area contributed by atoms with Gasteiger partial charge in [-0.15, -0.1) is 0 Å². The van der Waals surface area contributed by atoms with Crippen molar-refractivity contribution in [2.24, 2.45) is 11.8 Å². The molecule has 0 unspecified atom stereocenters. The summed E-state index contributed by atoms with van der Waals surface area (Å²) in [6.45, 7) is 0. The number of carbonyl (C=O) groups excluding carboxylic acids is 2. The fraction of sp³-hybridized carbons (Fsp3) is 0.824. The number of rotatable bonds is 5. The van der Waals surface area contributed by atoms with Crippen LogP contribution in [-0.2, 0) is 14.4 Å². The van der Waals surface area contributed by atoms with E-state index < -0.39 is 11.5 Å². The van der Waals surface area contributed by atoms with Gasteiger partial charge in [0.05, 0.1) is 0 Å². The second kappa shape index (κ2) is 6.49. The van der Waals surface area contributed by atoms with Crippen molar-refractivity contribution >= 4 is 17.8 Å². The van der Waals surface area contributed by atoms with Crippen LogP contribution in [0.4, 0.5) is 0 Å². The van der Waals surface area contributed by atoms with E-state index in [-0.39, 0.29) is 29.7 Å².